The Kier molecular flexibility index (Phi) is 12.9. The number of unbranched alkanes of at least 4 members (excludes halogenated alkanes) is 2. The number of amides is 2. The van der Waals surface area contributed by atoms with Gasteiger partial charge >= 0.3 is 0 Å². The van der Waals surface area contributed by atoms with Crippen LogP contribution in [-0.4, -0.2) is 44.0 Å². The number of hydrogen-bond acceptors (Lipinski definition) is 9. The highest BCUT2D eigenvalue weighted by molar-refractivity contribution is 7.99. The summed E-state index contributed by atoms with van der Waals surface area (Å²) in [5, 5.41) is 21.8. The van der Waals surface area contributed by atoms with Gasteiger partial charge in [0.1, 0.15) is 0 Å². The highest BCUT2D eigenvalue weighted by Crippen LogP contribution is 2.39. The minimum absolute atomic E-state index is 0.00915. The van der Waals surface area contributed by atoms with Gasteiger partial charge in [0.25, 0.3) is 0 Å². The summed E-state index contributed by atoms with van der Waals surface area (Å²) in [6, 6.07) is 25.8. The van der Waals surface area contributed by atoms with E-state index < -0.39 is 12.2 Å². The molecule has 0 saturated carbocycles. The molecule has 0 radical (unpaired) electrons. The molecule has 1 aliphatic rings. The number of aliphatic hydroxyl groups is 1. The van der Waals surface area contributed by atoms with Gasteiger partial charge in [-0.05, 0) is 46.7 Å². The van der Waals surface area contributed by atoms with Gasteiger partial charge in [0.15, 0.2) is 11.4 Å². The number of rotatable bonds is 15. The Labute approximate surface area is 278 Å². The van der Waals surface area contributed by atoms with Crippen molar-refractivity contribution in [2.24, 2.45) is 0 Å². The van der Waals surface area contributed by atoms with Crippen molar-refractivity contribution in [3.05, 3.63) is 114 Å². The first kappa shape index (κ1) is 34.2. The SMILES string of the molecule is O=C(CCCCCC(=O)NCc1ccccc1-c1ccc(C2OC(CSc3ncccn3)CC(c3ccc(CO)cc3)O2)cc1)NO. The second kappa shape index (κ2) is 17.7. The molecule has 5 rings (SSSR count). The number of nitrogens with zero attached hydrogens (tertiary/aromatic N) is 2. The zero-order valence-corrected chi connectivity index (χ0v) is 26.9. The quantitative estimate of drug-likeness (QED) is 0.0396. The highest BCUT2D eigenvalue weighted by Gasteiger charge is 2.32. The molecule has 0 spiro atoms. The second-order valence-electron chi connectivity index (χ2n) is 11.3. The molecule has 3 atom stereocenters. The van der Waals surface area contributed by atoms with E-state index in [-0.39, 0.29) is 31.1 Å². The maximum atomic E-state index is 12.5. The Morgan fingerprint density at radius 3 is 2.26 bits per heavy atom. The Hall–Kier alpha value is -4.13. The van der Waals surface area contributed by atoms with E-state index in [9.17, 15) is 14.7 Å². The molecule has 2 heterocycles. The zero-order chi connectivity index (χ0) is 32.8. The van der Waals surface area contributed by atoms with Crippen LogP contribution >= 0.6 is 11.8 Å². The van der Waals surface area contributed by atoms with Crippen LogP contribution in [0.1, 0.15) is 73.2 Å². The molecule has 10 nitrogen and oxygen atoms in total. The number of hydrogen-bond donors (Lipinski definition) is 4. The first-order valence-electron chi connectivity index (χ1n) is 15.8. The third kappa shape index (κ3) is 10.2. The van der Waals surface area contributed by atoms with Gasteiger partial charge < -0.3 is 19.9 Å². The lowest BCUT2D eigenvalue weighted by Crippen LogP contribution is -2.31. The van der Waals surface area contributed by atoms with Gasteiger partial charge in [-0.15, -0.1) is 0 Å². The molecule has 246 valence electrons. The number of carbonyl (C=O) groups excluding carboxylic acids is 2. The van der Waals surface area contributed by atoms with Crippen LogP contribution in [0.5, 0.6) is 0 Å². The molecule has 1 aromatic heterocycles. The number of thioether (sulfide) groups is 1. The summed E-state index contributed by atoms with van der Waals surface area (Å²) in [5.74, 6) is 0.220. The molecule has 0 bridgehead atoms. The van der Waals surface area contributed by atoms with Gasteiger partial charge in [0.05, 0.1) is 18.8 Å². The van der Waals surface area contributed by atoms with Crippen LogP contribution in [0.15, 0.2) is 96.4 Å². The number of aromatic nitrogens is 2. The molecule has 2 amide bonds. The summed E-state index contributed by atoms with van der Waals surface area (Å²) < 4.78 is 13.0. The van der Waals surface area contributed by atoms with E-state index in [4.69, 9.17) is 14.7 Å². The third-order valence-electron chi connectivity index (χ3n) is 7.97. The van der Waals surface area contributed by atoms with Crippen LogP contribution in [0.25, 0.3) is 11.1 Å². The standard InChI is InChI=1S/C36H40N4O6S/c41-23-25-11-13-27(14-12-25)32-21-30(24-47-36-37-19-6-20-38-36)45-35(46-32)28-17-15-26(16-18-28)31-8-5-4-7-29(31)22-39-33(42)9-2-1-3-10-34(43)40-44/h4-8,11-20,30,32,35,41,44H,1-3,9-10,21-24H2,(H,39,42)(H,40,43). The lowest BCUT2D eigenvalue weighted by Gasteiger charge is -2.36. The van der Waals surface area contributed by atoms with E-state index in [1.807, 2.05) is 72.8 Å². The summed E-state index contributed by atoms with van der Waals surface area (Å²) in [6.07, 6.45) is 5.92. The zero-order valence-electron chi connectivity index (χ0n) is 26.1. The summed E-state index contributed by atoms with van der Waals surface area (Å²) in [5.41, 5.74) is 7.45. The fourth-order valence-electron chi connectivity index (χ4n) is 5.41. The molecule has 4 N–H and O–H groups in total. The van der Waals surface area contributed by atoms with Crippen molar-refractivity contribution in [1.29, 1.82) is 0 Å². The smallest absolute Gasteiger partial charge is 0.243 e. The van der Waals surface area contributed by atoms with Gasteiger partial charge in [-0.25, -0.2) is 15.4 Å². The summed E-state index contributed by atoms with van der Waals surface area (Å²) in [4.78, 5) is 32.3. The average molecular weight is 657 g/mol. The number of aliphatic hydroxyl groups excluding tert-OH is 1. The van der Waals surface area contributed by atoms with Crippen LogP contribution in [-0.2, 0) is 32.2 Å². The van der Waals surface area contributed by atoms with E-state index in [0.717, 1.165) is 39.8 Å². The number of nitrogens with one attached hydrogen (secondary N) is 2. The molecule has 1 fully saturated rings. The maximum absolute atomic E-state index is 12.5. The fourth-order valence-corrected chi connectivity index (χ4v) is 6.23. The lowest BCUT2D eigenvalue weighted by molar-refractivity contribution is -0.245. The van der Waals surface area contributed by atoms with Gasteiger partial charge in [0, 0.05) is 49.5 Å². The van der Waals surface area contributed by atoms with Crippen molar-refractivity contribution in [3.63, 3.8) is 0 Å². The molecule has 1 saturated heterocycles. The van der Waals surface area contributed by atoms with Crippen LogP contribution in [0.3, 0.4) is 0 Å². The minimum Gasteiger partial charge on any atom is -0.392 e. The largest absolute Gasteiger partial charge is 0.392 e. The first-order chi connectivity index (χ1) is 23.0. The molecule has 3 aromatic carbocycles. The molecule has 11 heteroatoms. The molecule has 3 unspecified atom stereocenters. The van der Waals surface area contributed by atoms with Crippen molar-refractivity contribution >= 4 is 23.6 Å². The lowest BCUT2D eigenvalue weighted by atomic mass is 9.97. The summed E-state index contributed by atoms with van der Waals surface area (Å²) >= 11 is 1.55. The highest BCUT2D eigenvalue weighted by atomic mass is 32.2. The van der Waals surface area contributed by atoms with E-state index in [1.165, 1.54) is 0 Å². The number of ether oxygens (including phenoxy) is 2. The fraction of sp³-hybridized carbons (Fsp3) is 0.333. The topological polar surface area (TPSA) is 143 Å². The van der Waals surface area contributed by atoms with E-state index in [2.05, 4.69) is 15.3 Å². The number of carbonyl (C=O) groups is 2. The van der Waals surface area contributed by atoms with Crippen LogP contribution < -0.4 is 10.8 Å². The summed E-state index contributed by atoms with van der Waals surface area (Å²) in [7, 11) is 0. The van der Waals surface area contributed by atoms with Gasteiger partial charge in [-0.3, -0.25) is 14.8 Å². The molecule has 0 aliphatic carbocycles. The number of hydroxylamine groups is 1. The average Bonchev–Trinajstić information content (AvgIpc) is 3.13. The molecular weight excluding hydrogens is 616 g/mol. The first-order valence-corrected chi connectivity index (χ1v) is 16.8. The van der Waals surface area contributed by atoms with Crippen LogP contribution in [0.4, 0.5) is 0 Å². The number of benzene rings is 3. The predicted molar refractivity (Wildman–Crippen MR) is 178 cm³/mol. The molecule has 47 heavy (non-hydrogen) atoms. The second-order valence-corrected chi connectivity index (χ2v) is 12.3. The normalized spacial score (nSPS) is 17.6. The van der Waals surface area contributed by atoms with Crippen molar-refractivity contribution < 1.29 is 29.4 Å². The monoisotopic (exact) mass is 656 g/mol. The minimum atomic E-state index is -0.574. The molecule has 1 aliphatic heterocycles. The van der Waals surface area contributed by atoms with Crippen LogP contribution in [0, 0.1) is 0 Å². The van der Waals surface area contributed by atoms with Gasteiger partial charge in [-0.1, -0.05) is 91.0 Å². The van der Waals surface area contributed by atoms with Crippen molar-refractivity contribution in [1.82, 2.24) is 20.8 Å². The molecule has 4 aromatic rings. The predicted octanol–water partition coefficient (Wildman–Crippen LogP) is 6.05. The molecular formula is C36H40N4O6S. The Balaban J connectivity index is 1.23. The Morgan fingerprint density at radius 2 is 1.53 bits per heavy atom. The van der Waals surface area contributed by atoms with Crippen LogP contribution in [0.2, 0.25) is 0 Å². The van der Waals surface area contributed by atoms with Crippen molar-refractivity contribution in [2.75, 3.05) is 5.75 Å². The van der Waals surface area contributed by atoms with E-state index >= 15 is 0 Å². The third-order valence-corrected chi connectivity index (χ3v) is 8.98. The van der Waals surface area contributed by atoms with Crippen molar-refractivity contribution in [3.8, 4) is 11.1 Å². The van der Waals surface area contributed by atoms with E-state index in [1.54, 1.807) is 35.7 Å². The van der Waals surface area contributed by atoms with Gasteiger partial charge in [-0.2, -0.15) is 0 Å². The van der Waals surface area contributed by atoms with Crippen molar-refractivity contribution in [2.45, 2.75) is 75.3 Å². The van der Waals surface area contributed by atoms with Gasteiger partial charge in [0.2, 0.25) is 11.8 Å². The Morgan fingerprint density at radius 1 is 0.830 bits per heavy atom. The van der Waals surface area contributed by atoms with E-state index in [0.29, 0.717) is 43.1 Å². The Bertz CT molecular complexity index is 1570. The maximum Gasteiger partial charge on any atom is 0.243 e. The summed E-state index contributed by atoms with van der Waals surface area (Å²) in [6.45, 7) is 0.393.